The number of fused-ring (bicyclic) bond motifs is 8. The summed E-state index contributed by atoms with van der Waals surface area (Å²) in [5, 5.41) is 5.70. The van der Waals surface area contributed by atoms with Crippen LogP contribution < -0.4 is 4.90 Å². The summed E-state index contributed by atoms with van der Waals surface area (Å²) in [7, 11) is 0. The van der Waals surface area contributed by atoms with Crippen LogP contribution in [0.3, 0.4) is 0 Å². The molecule has 2 heterocycles. The summed E-state index contributed by atoms with van der Waals surface area (Å²) in [5.74, 6) is 1.25. The third-order valence-electron chi connectivity index (χ3n) is 11.5. The second-order valence-corrected chi connectivity index (χ2v) is 14.7. The van der Waals surface area contributed by atoms with E-state index in [9.17, 15) is 0 Å². The monoisotopic (exact) mass is 707 g/mol. The van der Waals surface area contributed by atoms with Crippen LogP contribution in [0, 0.1) is 0 Å². The van der Waals surface area contributed by atoms with Crippen molar-refractivity contribution in [3.05, 3.63) is 199 Å². The summed E-state index contributed by atoms with van der Waals surface area (Å²) >= 11 is 0. The van der Waals surface area contributed by atoms with E-state index in [1.807, 2.05) is 12.1 Å². The van der Waals surface area contributed by atoms with E-state index in [1.165, 1.54) is 33.6 Å². The molecule has 0 amide bonds. The van der Waals surface area contributed by atoms with Crippen LogP contribution in [0.2, 0.25) is 0 Å². The van der Waals surface area contributed by atoms with Crippen molar-refractivity contribution in [3.8, 4) is 22.3 Å². The minimum Gasteiger partial charge on any atom is -0.460 e. The molecular weight excluding hydrogens is 671 g/mol. The highest BCUT2D eigenvalue weighted by atomic mass is 16.3. The van der Waals surface area contributed by atoms with Gasteiger partial charge in [-0.25, -0.2) is 0 Å². The molecule has 0 fully saturated rings. The maximum absolute atomic E-state index is 6.83. The molecule has 11 rings (SSSR count). The van der Waals surface area contributed by atoms with Gasteiger partial charge in [0.1, 0.15) is 22.5 Å². The van der Waals surface area contributed by atoms with Gasteiger partial charge in [0.25, 0.3) is 0 Å². The van der Waals surface area contributed by atoms with Gasteiger partial charge in [-0.05, 0) is 70.5 Å². The largest absolute Gasteiger partial charge is 0.460 e. The first-order valence-electron chi connectivity index (χ1n) is 19.2. The molecule has 9 aromatic rings. The third kappa shape index (κ3) is 5.34. The number of hydrogen-bond acceptors (Lipinski definition) is 3. The maximum atomic E-state index is 6.83. The topological polar surface area (TPSA) is 29.5 Å². The highest BCUT2D eigenvalue weighted by Crippen LogP contribution is 2.45. The maximum Gasteiger partial charge on any atom is 0.143 e. The van der Waals surface area contributed by atoms with Gasteiger partial charge < -0.3 is 13.7 Å². The number of allylic oxidation sites excluding steroid dienone is 3. The molecule has 2 aliphatic rings. The quantitative estimate of drug-likeness (QED) is 0.172. The fraction of sp³-hybridized carbons (Fsp3) is 0.0769. The molecule has 2 aromatic heterocycles. The molecule has 55 heavy (non-hydrogen) atoms. The Kier molecular flexibility index (Phi) is 7.44. The van der Waals surface area contributed by atoms with E-state index in [0.717, 1.165) is 73.4 Å². The van der Waals surface area contributed by atoms with Crippen LogP contribution in [0.1, 0.15) is 29.2 Å². The minimum atomic E-state index is 0.216. The molecule has 2 atom stereocenters. The second-order valence-electron chi connectivity index (χ2n) is 14.7. The van der Waals surface area contributed by atoms with Gasteiger partial charge in [0, 0.05) is 56.4 Å². The molecule has 0 saturated heterocycles. The van der Waals surface area contributed by atoms with E-state index in [1.54, 1.807) is 0 Å². The summed E-state index contributed by atoms with van der Waals surface area (Å²) in [5.41, 5.74) is 12.3. The summed E-state index contributed by atoms with van der Waals surface area (Å²) in [6.45, 7) is 0. The zero-order valence-electron chi connectivity index (χ0n) is 30.2. The van der Waals surface area contributed by atoms with Crippen LogP contribution in [0.25, 0.3) is 72.0 Å². The fourth-order valence-electron chi connectivity index (χ4n) is 8.83. The van der Waals surface area contributed by atoms with Gasteiger partial charge >= 0.3 is 0 Å². The van der Waals surface area contributed by atoms with Crippen molar-refractivity contribution in [1.82, 2.24) is 0 Å². The Balaban J connectivity index is 0.937. The molecule has 0 N–H and O–H groups in total. The normalized spacial score (nSPS) is 16.4. The van der Waals surface area contributed by atoms with E-state index in [0.29, 0.717) is 0 Å². The smallest absolute Gasteiger partial charge is 0.143 e. The molecule has 3 heteroatoms. The van der Waals surface area contributed by atoms with Crippen molar-refractivity contribution in [2.75, 3.05) is 4.90 Å². The Morgan fingerprint density at radius 3 is 2.00 bits per heavy atom. The zero-order chi connectivity index (χ0) is 36.3. The van der Waals surface area contributed by atoms with Crippen LogP contribution in [0.5, 0.6) is 0 Å². The number of anilines is 2. The number of para-hydroxylation sites is 2. The van der Waals surface area contributed by atoms with Crippen LogP contribution in [-0.4, -0.2) is 6.04 Å². The zero-order valence-corrected chi connectivity index (χ0v) is 30.2. The summed E-state index contributed by atoms with van der Waals surface area (Å²) in [6, 6.07) is 54.7. The Morgan fingerprint density at radius 1 is 0.509 bits per heavy atom. The predicted octanol–water partition coefficient (Wildman–Crippen LogP) is 14.2. The molecule has 0 spiro atoms. The lowest BCUT2D eigenvalue weighted by Gasteiger charge is -2.33. The molecule has 0 radical (unpaired) electrons. The lowest BCUT2D eigenvalue weighted by Crippen LogP contribution is -2.29. The van der Waals surface area contributed by atoms with E-state index in [2.05, 4.69) is 181 Å². The minimum absolute atomic E-state index is 0.216. The van der Waals surface area contributed by atoms with Gasteiger partial charge in [-0.1, -0.05) is 152 Å². The van der Waals surface area contributed by atoms with Crippen molar-refractivity contribution in [2.45, 2.75) is 24.8 Å². The fourth-order valence-corrected chi connectivity index (χ4v) is 8.83. The molecule has 262 valence electrons. The van der Waals surface area contributed by atoms with E-state index >= 15 is 0 Å². The molecule has 0 aliphatic heterocycles. The molecule has 7 aromatic carbocycles. The van der Waals surface area contributed by atoms with Gasteiger partial charge in [-0.2, -0.15) is 0 Å². The first-order chi connectivity index (χ1) is 27.3. The Hall–Kier alpha value is -6.84. The highest BCUT2D eigenvalue weighted by Gasteiger charge is 2.25. The van der Waals surface area contributed by atoms with Crippen molar-refractivity contribution in [3.63, 3.8) is 0 Å². The van der Waals surface area contributed by atoms with Gasteiger partial charge in [0.15, 0.2) is 0 Å². The number of furan rings is 2. The van der Waals surface area contributed by atoms with E-state index in [4.69, 9.17) is 8.83 Å². The molecule has 0 saturated carbocycles. The lowest BCUT2D eigenvalue weighted by atomic mass is 9.87. The van der Waals surface area contributed by atoms with Crippen molar-refractivity contribution in [1.29, 1.82) is 0 Å². The molecule has 3 nitrogen and oxygen atoms in total. The first kappa shape index (κ1) is 31.7. The number of hydrogen-bond donors (Lipinski definition) is 0. The Bertz CT molecular complexity index is 2980. The SMILES string of the molecule is C1=CCC(N(c2ccc(-c3ccccc3)cc2)c2ccc(C3C=Cc4c(oc5c4cc(-c4cccc6c4oc4ccccc46)c4ccccc45)C3)cc2)C=C1. The Labute approximate surface area is 319 Å². The van der Waals surface area contributed by atoms with Gasteiger partial charge in [-0.15, -0.1) is 0 Å². The van der Waals surface area contributed by atoms with Crippen molar-refractivity contribution in [2.24, 2.45) is 0 Å². The molecule has 2 aliphatic carbocycles. The Morgan fingerprint density at radius 2 is 1.20 bits per heavy atom. The summed E-state index contributed by atoms with van der Waals surface area (Å²) in [6.07, 6.45) is 15.3. The van der Waals surface area contributed by atoms with Crippen LogP contribution in [0.4, 0.5) is 11.4 Å². The van der Waals surface area contributed by atoms with Gasteiger partial charge in [0.2, 0.25) is 0 Å². The van der Waals surface area contributed by atoms with Crippen LogP contribution >= 0.6 is 0 Å². The van der Waals surface area contributed by atoms with E-state index < -0.39 is 0 Å². The lowest BCUT2D eigenvalue weighted by molar-refractivity contribution is 0.535. The van der Waals surface area contributed by atoms with Gasteiger partial charge in [-0.3, -0.25) is 0 Å². The summed E-state index contributed by atoms with van der Waals surface area (Å²) < 4.78 is 13.3. The van der Waals surface area contributed by atoms with Gasteiger partial charge in [0.05, 0.1) is 6.04 Å². The van der Waals surface area contributed by atoms with Crippen molar-refractivity contribution >= 4 is 61.1 Å². The first-order valence-corrected chi connectivity index (χ1v) is 19.2. The van der Waals surface area contributed by atoms with Crippen LogP contribution in [0.15, 0.2) is 191 Å². The second kappa shape index (κ2) is 12.9. The average Bonchev–Trinajstić information content (AvgIpc) is 3.83. The van der Waals surface area contributed by atoms with Crippen LogP contribution in [-0.2, 0) is 6.42 Å². The van der Waals surface area contributed by atoms with E-state index in [-0.39, 0.29) is 12.0 Å². The number of nitrogens with zero attached hydrogens (tertiary/aromatic N) is 1. The van der Waals surface area contributed by atoms with Crippen molar-refractivity contribution < 1.29 is 8.83 Å². The third-order valence-corrected chi connectivity index (χ3v) is 11.5. The average molecular weight is 708 g/mol. The standard InChI is InChI=1S/C52H37NO2/c1-3-12-34(13-4-1)35-22-27-39(28-23-35)53(38-14-5-2-6-15-38)40-29-24-36(25-30-40)37-26-31-43-48-33-47(41-16-7-8-18-44(41)52(48)55-50(43)32-37)46-20-11-19-45-42-17-9-10-21-49(42)54-51(45)46/h1-14,16-31,33,37-38H,15,32H2. The molecule has 0 bridgehead atoms. The number of benzene rings is 7. The highest BCUT2D eigenvalue weighted by molar-refractivity contribution is 6.17. The summed E-state index contributed by atoms with van der Waals surface area (Å²) in [4.78, 5) is 2.46. The number of rotatable bonds is 6. The molecular formula is C52H37NO2. The molecule has 2 unspecified atom stereocenters. The predicted molar refractivity (Wildman–Crippen MR) is 229 cm³/mol.